The molecule has 0 atom stereocenters. The summed E-state index contributed by atoms with van der Waals surface area (Å²) in [6.45, 7) is 6.11. The van der Waals surface area contributed by atoms with Crippen LogP contribution in [0, 0.1) is 11.7 Å². The third-order valence-corrected chi connectivity index (χ3v) is 4.43. The van der Waals surface area contributed by atoms with Crippen LogP contribution in [0.4, 0.5) is 18.0 Å². The van der Waals surface area contributed by atoms with Crippen molar-refractivity contribution in [2.75, 3.05) is 13.1 Å². The van der Waals surface area contributed by atoms with Gasteiger partial charge in [0.2, 0.25) is 0 Å². The Balaban J connectivity index is 1.85. The zero-order valence-corrected chi connectivity index (χ0v) is 15.5. The molecule has 24 heavy (non-hydrogen) atoms. The van der Waals surface area contributed by atoms with Crippen LogP contribution in [0.5, 0.6) is 0 Å². The largest absolute Gasteiger partial charge is 0.444 e. The second kappa shape index (κ2) is 6.94. The van der Waals surface area contributed by atoms with E-state index in [1.807, 2.05) is 0 Å². The minimum Gasteiger partial charge on any atom is -0.444 e. The quantitative estimate of drug-likeness (QED) is 0.674. The van der Waals surface area contributed by atoms with Crippen LogP contribution in [0.25, 0.3) is 0 Å². The van der Waals surface area contributed by atoms with Crippen molar-refractivity contribution in [3.8, 4) is 0 Å². The number of hydrogen-bond acceptors (Lipinski definition) is 2. The lowest BCUT2D eigenvalue weighted by Gasteiger charge is -2.40. The van der Waals surface area contributed by atoms with E-state index < -0.39 is 35.4 Å². The van der Waals surface area contributed by atoms with Gasteiger partial charge in [0.1, 0.15) is 11.4 Å². The number of halogens is 4. The molecule has 3 nitrogen and oxygen atoms in total. The summed E-state index contributed by atoms with van der Waals surface area (Å²) in [5.41, 5.74) is -1.17. The van der Waals surface area contributed by atoms with Crippen molar-refractivity contribution in [2.45, 2.75) is 45.1 Å². The summed E-state index contributed by atoms with van der Waals surface area (Å²) in [6, 6.07) is 3.89. The van der Waals surface area contributed by atoms with E-state index in [2.05, 4.69) is 15.9 Å². The van der Waals surface area contributed by atoms with E-state index in [1.54, 1.807) is 20.8 Å². The molecule has 1 aromatic rings. The molecule has 0 N–H and O–H groups in total. The van der Waals surface area contributed by atoms with Crippen molar-refractivity contribution in [2.24, 2.45) is 5.92 Å². The van der Waals surface area contributed by atoms with Gasteiger partial charge < -0.3 is 9.64 Å². The van der Waals surface area contributed by atoms with Gasteiger partial charge in [-0.25, -0.2) is 18.0 Å². The minimum absolute atomic E-state index is 0.0152. The number of amides is 1. The Labute approximate surface area is 148 Å². The van der Waals surface area contributed by atoms with E-state index in [-0.39, 0.29) is 16.8 Å². The zero-order valence-electron chi connectivity index (χ0n) is 13.9. The highest BCUT2D eigenvalue weighted by Crippen LogP contribution is 2.38. The molecule has 0 bridgehead atoms. The van der Waals surface area contributed by atoms with Crippen LogP contribution < -0.4 is 0 Å². The molecule has 0 radical (unpaired) electrons. The van der Waals surface area contributed by atoms with Gasteiger partial charge in [-0.1, -0.05) is 12.1 Å². The monoisotopic (exact) mass is 407 g/mol. The molecule has 1 amide bonds. The Kier molecular flexibility index (Phi) is 5.52. The molecule has 2 rings (SSSR count). The van der Waals surface area contributed by atoms with Crippen LogP contribution in [0.15, 0.2) is 22.7 Å². The number of ether oxygens (including phenoxy) is 1. The normalized spacial score (nSPS) is 16.0. The first kappa shape index (κ1) is 19.1. The predicted molar refractivity (Wildman–Crippen MR) is 88.5 cm³/mol. The number of nitrogens with zero attached hydrogens (tertiary/aromatic N) is 1. The molecule has 1 aliphatic heterocycles. The molecule has 1 heterocycles. The Bertz CT molecular complexity index is 610. The fourth-order valence-corrected chi connectivity index (χ4v) is 2.90. The molecule has 0 spiro atoms. The van der Waals surface area contributed by atoms with Crippen molar-refractivity contribution < 1.29 is 22.7 Å². The SMILES string of the molecule is CC(C)(C)OC(=O)N1CC(CCC(F)(F)c2cccc(Br)c2F)C1. The smallest absolute Gasteiger partial charge is 0.410 e. The lowest BCUT2D eigenvalue weighted by molar-refractivity contribution is -0.0360. The van der Waals surface area contributed by atoms with E-state index in [0.29, 0.717) is 13.1 Å². The predicted octanol–water partition coefficient (Wildman–Crippen LogP) is 5.33. The van der Waals surface area contributed by atoms with Crippen molar-refractivity contribution in [3.63, 3.8) is 0 Å². The van der Waals surface area contributed by atoms with E-state index in [4.69, 9.17) is 4.74 Å². The molecule has 1 aromatic carbocycles. The van der Waals surface area contributed by atoms with Crippen LogP contribution in [0.2, 0.25) is 0 Å². The van der Waals surface area contributed by atoms with Gasteiger partial charge in [-0.05, 0) is 55.1 Å². The fourth-order valence-electron chi connectivity index (χ4n) is 2.53. The van der Waals surface area contributed by atoms with Crippen molar-refractivity contribution in [1.82, 2.24) is 4.90 Å². The van der Waals surface area contributed by atoms with Crippen molar-refractivity contribution >= 4 is 22.0 Å². The van der Waals surface area contributed by atoms with Gasteiger partial charge in [0.25, 0.3) is 5.92 Å². The summed E-state index contributed by atoms with van der Waals surface area (Å²) in [5, 5.41) is 0. The number of hydrogen-bond donors (Lipinski definition) is 0. The first-order chi connectivity index (χ1) is 11.0. The molecule has 134 valence electrons. The summed E-state index contributed by atoms with van der Waals surface area (Å²) in [5.74, 6) is -4.18. The van der Waals surface area contributed by atoms with Crippen LogP contribution in [0.1, 0.15) is 39.2 Å². The fraction of sp³-hybridized carbons (Fsp3) is 0.588. The first-order valence-electron chi connectivity index (χ1n) is 7.80. The second-order valence-electron chi connectivity index (χ2n) is 7.10. The molecular weight excluding hydrogens is 387 g/mol. The zero-order chi connectivity index (χ0) is 18.1. The molecule has 1 fully saturated rings. The molecular formula is C17H21BrF3NO2. The maximum atomic E-state index is 14.2. The van der Waals surface area contributed by atoms with Crippen LogP contribution in [-0.2, 0) is 10.7 Å². The lowest BCUT2D eigenvalue weighted by Crippen LogP contribution is -2.51. The van der Waals surface area contributed by atoms with E-state index in [0.717, 1.165) is 6.07 Å². The number of rotatable bonds is 4. The molecule has 1 saturated heterocycles. The molecule has 7 heteroatoms. The first-order valence-corrected chi connectivity index (χ1v) is 8.59. The van der Waals surface area contributed by atoms with Gasteiger partial charge in [0.05, 0.1) is 10.0 Å². The van der Waals surface area contributed by atoms with E-state index in [1.165, 1.54) is 17.0 Å². The average Bonchev–Trinajstić information content (AvgIpc) is 2.37. The highest BCUT2D eigenvalue weighted by atomic mass is 79.9. The maximum Gasteiger partial charge on any atom is 0.410 e. The molecule has 0 saturated carbocycles. The standard InChI is InChI=1S/C17H21BrF3NO2/c1-16(2,3)24-15(23)22-9-11(10-22)7-8-17(20,21)12-5-4-6-13(18)14(12)19/h4-6,11H,7-10H2,1-3H3. The number of carbonyl (C=O) groups excluding carboxylic acids is 1. The maximum absolute atomic E-state index is 14.2. The van der Waals surface area contributed by atoms with Crippen LogP contribution in [-0.4, -0.2) is 29.7 Å². The van der Waals surface area contributed by atoms with Gasteiger partial charge in [0, 0.05) is 19.5 Å². The number of benzene rings is 1. The van der Waals surface area contributed by atoms with Crippen LogP contribution in [0.3, 0.4) is 0 Å². The van der Waals surface area contributed by atoms with E-state index in [9.17, 15) is 18.0 Å². The van der Waals surface area contributed by atoms with Gasteiger partial charge in [0.15, 0.2) is 0 Å². The Morgan fingerprint density at radius 3 is 2.54 bits per heavy atom. The topological polar surface area (TPSA) is 29.5 Å². The van der Waals surface area contributed by atoms with Crippen LogP contribution >= 0.6 is 15.9 Å². The van der Waals surface area contributed by atoms with Gasteiger partial charge in [-0.3, -0.25) is 0 Å². The molecule has 0 unspecified atom stereocenters. The Morgan fingerprint density at radius 2 is 1.96 bits per heavy atom. The summed E-state index contributed by atoms with van der Waals surface area (Å²) in [6.07, 6.45) is -0.658. The summed E-state index contributed by atoms with van der Waals surface area (Å²) in [7, 11) is 0. The van der Waals surface area contributed by atoms with E-state index >= 15 is 0 Å². The number of likely N-dealkylation sites (tertiary alicyclic amines) is 1. The lowest BCUT2D eigenvalue weighted by atomic mass is 9.91. The Hall–Kier alpha value is -1.24. The Morgan fingerprint density at radius 1 is 1.33 bits per heavy atom. The highest BCUT2D eigenvalue weighted by Gasteiger charge is 2.39. The third kappa shape index (κ3) is 4.65. The third-order valence-electron chi connectivity index (χ3n) is 3.82. The van der Waals surface area contributed by atoms with Crippen molar-refractivity contribution in [3.05, 3.63) is 34.1 Å². The number of carbonyl (C=O) groups is 1. The average molecular weight is 408 g/mol. The highest BCUT2D eigenvalue weighted by molar-refractivity contribution is 9.10. The van der Waals surface area contributed by atoms with Gasteiger partial charge in [-0.2, -0.15) is 0 Å². The van der Waals surface area contributed by atoms with Gasteiger partial charge in [-0.15, -0.1) is 0 Å². The summed E-state index contributed by atoms with van der Waals surface area (Å²) in [4.78, 5) is 13.3. The van der Waals surface area contributed by atoms with Gasteiger partial charge >= 0.3 is 6.09 Å². The minimum atomic E-state index is -3.24. The molecule has 0 aromatic heterocycles. The van der Waals surface area contributed by atoms with Crippen molar-refractivity contribution in [1.29, 1.82) is 0 Å². The molecule has 0 aliphatic carbocycles. The summed E-state index contributed by atoms with van der Waals surface area (Å²) < 4.78 is 47.6. The second-order valence-corrected chi connectivity index (χ2v) is 7.95. The number of alkyl halides is 2. The summed E-state index contributed by atoms with van der Waals surface area (Å²) >= 11 is 2.92. The molecule has 1 aliphatic rings.